The Labute approximate surface area is 388 Å². The number of likely N-dealkylation sites (N-methyl/N-ethyl adjacent to an activating group) is 1. The average molecular weight is 886 g/mol. The van der Waals surface area contributed by atoms with Crippen molar-refractivity contribution in [1.82, 2.24) is 0 Å². The lowest BCUT2D eigenvalue weighted by Crippen LogP contribution is -2.55. The van der Waals surface area contributed by atoms with Crippen LogP contribution in [0.2, 0.25) is 0 Å². The molecule has 0 aromatic heterocycles. The molecule has 0 aliphatic carbocycles. The lowest BCUT2D eigenvalue weighted by Gasteiger charge is -2.34. The van der Waals surface area contributed by atoms with Gasteiger partial charge in [-0.05, 0) is 51.4 Å². The molecule has 0 aromatic carbocycles. The smallest absolute Gasteiger partial charge is 0.306 e. The van der Waals surface area contributed by atoms with Gasteiger partial charge in [0.2, 0.25) is 0 Å². The Morgan fingerprint density at radius 3 is 1.32 bits per heavy atom. The standard InChI is InChI=1S/C55H99NO7/c1-6-8-10-12-14-16-18-20-22-24-25-26-27-28-29-30-32-34-36-38-40-42-44-46-54(58)63-51(49-61-48-47-52(55(59)60)56(3,4)5)50-62-53(57)45-43-41-39-37-35-33-31-23-21-19-17-15-13-11-9-7-2/h8,10,14,16,20,22,25-26,51-52H,6-7,9,11-13,15,17-19,21,23-24,27-50H2,1-5H3/b10-8+,16-14+,22-20+,26-25+. The van der Waals surface area contributed by atoms with Crippen LogP contribution in [-0.4, -0.2) is 75.5 Å². The molecule has 2 atom stereocenters. The molecule has 0 amide bonds. The lowest BCUT2D eigenvalue weighted by molar-refractivity contribution is -0.889. The molecule has 0 N–H and O–H groups in total. The van der Waals surface area contributed by atoms with Crippen LogP contribution >= 0.6 is 0 Å². The van der Waals surface area contributed by atoms with Crippen LogP contribution in [0, 0.1) is 0 Å². The number of carbonyl (C=O) groups is 3. The fourth-order valence-corrected chi connectivity index (χ4v) is 7.71. The van der Waals surface area contributed by atoms with Crippen LogP contribution in [-0.2, 0) is 28.6 Å². The average Bonchev–Trinajstić information content (AvgIpc) is 3.24. The van der Waals surface area contributed by atoms with Gasteiger partial charge in [-0.3, -0.25) is 9.59 Å². The molecule has 8 nitrogen and oxygen atoms in total. The van der Waals surface area contributed by atoms with E-state index in [1.165, 1.54) is 135 Å². The molecule has 0 spiro atoms. The minimum atomic E-state index is -1.12. The van der Waals surface area contributed by atoms with Crippen LogP contribution in [0.5, 0.6) is 0 Å². The fraction of sp³-hybridized carbons (Fsp3) is 0.800. The van der Waals surface area contributed by atoms with E-state index in [1.54, 1.807) is 21.1 Å². The van der Waals surface area contributed by atoms with Crippen molar-refractivity contribution >= 4 is 17.9 Å². The summed E-state index contributed by atoms with van der Waals surface area (Å²) in [5.74, 6) is -1.73. The Hall–Kier alpha value is -2.71. The van der Waals surface area contributed by atoms with Gasteiger partial charge in [0, 0.05) is 19.3 Å². The summed E-state index contributed by atoms with van der Waals surface area (Å²) in [4.78, 5) is 37.0. The molecule has 2 unspecified atom stereocenters. The van der Waals surface area contributed by atoms with Gasteiger partial charge < -0.3 is 28.6 Å². The Kier molecular flexibility index (Phi) is 43.9. The Morgan fingerprint density at radius 2 is 0.889 bits per heavy atom. The molecule has 0 aliphatic heterocycles. The first-order chi connectivity index (χ1) is 30.6. The minimum Gasteiger partial charge on any atom is -0.544 e. The summed E-state index contributed by atoms with van der Waals surface area (Å²) in [6.45, 7) is 4.58. The summed E-state index contributed by atoms with van der Waals surface area (Å²) in [6, 6.07) is -0.726. The highest BCUT2D eigenvalue weighted by Gasteiger charge is 2.25. The molecular formula is C55H99NO7. The van der Waals surface area contributed by atoms with Gasteiger partial charge in [0.1, 0.15) is 12.6 Å². The second-order valence-electron chi connectivity index (χ2n) is 18.7. The summed E-state index contributed by atoms with van der Waals surface area (Å²) >= 11 is 0. The van der Waals surface area contributed by atoms with Gasteiger partial charge in [0.25, 0.3) is 0 Å². The van der Waals surface area contributed by atoms with Crippen LogP contribution in [0.1, 0.15) is 232 Å². The SMILES string of the molecule is CC/C=C/C/C=C/C/C=C/C/C=C/CCCCCCCCCCCCC(=O)OC(COCCC(C(=O)[O-])[N+](C)(C)C)COC(=O)CCCCCCCCCCCCCCCCCC. The third-order valence-corrected chi connectivity index (χ3v) is 11.7. The summed E-state index contributed by atoms with van der Waals surface area (Å²) in [6.07, 6.45) is 55.7. The third kappa shape index (κ3) is 44.3. The maximum absolute atomic E-state index is 12.8. The van der Waals surface area contributed by atoms with Crippen LogP contribution in [0.4, 0.5) is 0 Å². The van der Waals surface area contributed by atoms with E-state index in [-0.39, 0.29) is 42.7 Å². The first kappa shape index (κ1) is 60.3. The number of hydrogen-bond donors (Lipinski definition) is 0. The predicted molar refractivity (Wildman–Crippen MR) is 263 cm³/mol. The Bertz CT molecular complexity index is 1170. The summed E-state index contributed by atoms with van der Waals surface area (Å²) in [5, 5.41) is 11.7. The molecule has 0 saturated heterocycles. The number of carboxylic acids is 1. The zero-order valence-corrected chi connectivity index (χ0v) is 41.7. The summed E-state index contributed by atoms with van der Waals surface area (Å²) in [7, 11) is 5.42. The second kappa shape index (κ2) is 45.8. The fourth-order valence-electron chi connectivity index (χ4n) is 7.71. The van der Waals surface area contributed by atoms with E-state index in [0.717, 1.165) is 64.2 Å². The molecule has 0 heterocycles. The molecular weight excluding hydrogens is 787 g/mol. The van der Waals surface area contributed by atoms with E-state index in [2.05, 4.69) is 62.5 Å². The largest absolute Gasteiger partial charge is 0.544 e. The quantitative estimate of drug-likeness (QED) is 0.0259. The van der Waals surface area contributed by atoms with Gasteiger partial charge in [0.15, 0.2) is 6.10 Å². The van der Waals surface area contributed by atoms with Gasteiger partial charge in [-0.25, -0.2) is 0 Å². The van der Waals surface area contributed by atoms with E-state index in [4.69, 9.17) is 14.2 Å². The van der Waals surface area contributed by atoms with Crippen molar-refractivity contribution in [2.75, 3.05) is 41.0 Å². The van der Waals surface area contributed by atoms with Crippen LogP contribution in [0.15, 0.2) is 48.6 Å². The lowest BCUT2D eigenvalue weighted by atomic mass is 10.0. The van der Waals surface area contributed by atoms with E-state index in [1.807, 2.05) is 0 Å². The van der Waals surface area contributed by atoms with Crippen molar-refractivity contribution < 1.29 is 38.2 Å². The number of carboxylic acid groups (broad SMARTS) is 1. The highest BCUT2D eigenvalue weighted by atomic mass is 16.6. The van der Waals surface area contributed by atoms with Crippen molar-refractivity contribution in [1.29, 1.82) is 0 Å². The van der Waals surface area contributed by atoms with Crippen molar-refractivity contribution in [3.8, 4) is 0 Å². The maximum atomic E-state index is 12.8. The first-order valence-electron chi connectivity index (χ1n) is 26.2. The Balaban J connectivity index is 4.21. The number of esters is 2. The molecule has 0 aliphatic rings. The molecule has 0 aromatic rings. The zero-order valence-electron chi connectivity index (χ0n) is 41.7. The number of aliphatic carboxylic acids is 1. The third-order valence-electron chi connectivity index (χ3n) is 11.7. The highest BCUT2D eigenvalue weighted by molar-refractivity contribution is 5.70. The molecule has 0 saturated carbocycles. The van der Waals surface area contributed by atoms with Gasteiger partial charge in [-0.1, -0.05) is 210 Å². The van der Waals surface area contributed by atoms with Crippen LogP contribution < -0.4 is 5.11 Å². The molecule has 366 valence electrons. The van der Waals surface area contributed by atoms with Gasteiger partial charge in [-0.2, -0.15) is 0 Å². The van der Waals surface area contributed by atoms with E-state index >= 15 is 0 Å². The topological polar surface area (TPSA) is 102 Å². The number of hydrogen-bond acceptors (Lipinski definition) is 7. The molecule has 0 bridgehead atoms. The summed E-state index contributed by atoms with van der Waals surface area (Å²) in [5.41, 5.74) is 0. The van der Waals surface area contributed by atoms with Crippen molar-refractivity contribution in [3.63, 3.8) is 0 Å². The maximum Gasteiger partial charge on any atom is 0.306 e. The zero-order chi connectivity index (χ0) is 46.3. The number of ether oxygens (including phenoxy) is 3. The number of allylic oxidation sites excluding steroid dienone is 8. The van der Waals surface area contributed by atoms with Gasteiger partial charge in [-0.15, -0.1) is 0 Å². The number of quaternary nitrogens is 1. The Morgan fingerprint density at radius 1 is 0.492 bits per heavy atom. The summed E-state index contributed by atoms with van der Waals surface area (Å²) < 4.78 is 17.3. The normalized spacial score (nSPS) is 13.2. The van der Waals surface area contributed by atoms with E-state index in [9.17, 15) is 19.5 Å². The molecule has 0 fully saturated rings. The molecule has 0 rings (SSSR count). The molecule has 63 heavy (non-hydrogen) atoms. The molecule has 8 heteroatoms. The number of carbonyl (C=O) groups excluding carboxylic acids is 3. The number of unbranched alkanes of at least 4 members (excludes halogenated alkanes) is 25. The van der Waals surface area contributed by atoms with Crippen LogP contribution in [0.3, 0.4) is 0 Å². The van der Waals surface area contributed by atoms with E-state index < -0.39 is 18.1 Å². The number of nitrogens with zero attached hydrogens (tertiary/aromatic N) is 1. The predicted octanol–water partition coefficient (Wildman–Crippen LogP) is 13.8. The minimum absolute atomic E-state index is 0.0411. The number of rotatable bonds is 47. The van der Waals surface area contributed by atoms with Gasteiger partial charge in [0.05, 0.1) is 40.3 Å². The van der Waals surface area contributed by atoms with Gasteiger partial charge >= 0.3 is 11.9 Å². The first-order valence-corrected chi connectivity index (χ1v) is 26.2. The van der Waals surface area contributed by atoms with Crippen LogP contribution in [0.25, 0.3) is 0 Å². The van der Waals surface area contributed by atoms with Crippen molar-refractivity contribution in [2.24, 2.45) is 0 Å². The van der Waals surface area contributed by atoms with E-state index in [0.29, 0.717) is 12.8 Å². The van der Waals surface area contributed by atoms with Crippen molar-refractivity contribution in [2.45, 2.75) is 244 Å². The second-order valence-corrected chi connectivity index (χ2v) is 18.7. The van der Waals surface area contributed by atoms with Crippen molar-refractivity contribution in [3.05, 3.63) is 48.6 Å². The monoisotopic (exact) mass is 886 g/mol. The molecule has 0 radical (unpaired) electrons. The highest BCUT2D eigenvalue weighted by Crippen LogP contribution is 2.16.